The highest BCUT2D eigenvalue weighted by Crippen LogP contribution is 2.19. The van der Waals surface area contributed by atoms with E-state index in [4.69, 9.17) is 0 Å². The lowest BCUT2D eigenvalue weighted by Gasteiger charge is -2.32. The molecule has 0 aliphatic carbocycles. The SMILES string of the molecule is CNCC1CCCN(C(=O)Nc2ccc(F)cc2F)C1. The average Bonchev–Trinajstić information content (AvgIpc) is 2.42. The minimum absolute atomic E-state index is 0.00661. The first-order valence-electron chi connectivity index (χ1n) is 6.75. The lowest BCUT2D eigenvalue weighted by molar-refractivity contribution is 0.177. The number of carbonyl (C=O) groups is 1. The molecule has 0 spiro atoms. The second-order valence-electron chi connectivity index (χ2n) is 5.07. The molecule has 2 rings (SSSR count). The second-order valence-corrected chi connectivity index (χ2v) is 5.07. The Labute approximate surface area is 117 Å². The van der Waals surface area contributed by atoms with Crippen molar-refractivity contribution >= 4 is 11.7 Å². The molecule has 2 amide bonds. The van der Waals surface area contributed by atoms with Gasteiger partial charge in [-0.1, -0.05) is 0 Å². The molecule has 1 aromatic carbocycles. The van der Waals surface area contributed by atoms with Crippen LogP contribution in [0.5, 0.6) is 0 Å². The molecule has 0 radical (unpaired) electrons. The van der Waals surface area contributed by atoms with Crippen molar-refractivity contribution in [1.29, 1.82) is 0 Å². The minimum Gasteiger partial charge on any atom is -0.324 e. The van der Waals surface area contributed by atoms with Gasteiger partial charge in [0.15, 0.2) is 0 Å². The largest absolute Gasteiger partial charge is 0.324 e. The van der Waals surface area contributed by atoms with Crippen molar-refractivity contribution in [3.63, 3.8) is 0 Å². The summed E-state index contributed by atoms with van der Waals surface area (Å²) in [6.45, 7) is 2.17. The van der Waals surface area contributed by atoms with Crippen LogP contribution in [0, 0.1) is 17.6 Å². The van der Waals surface area contributed by atoms with E-state index in [2.05, 4.69) is 10.6 Å². The molecule has 4 nitrogen and oxygen atoms in total. The Kier molecular flexibility index (Phi) is 4.89. The van der Waals surface area contributed by atoms with Gasteiger partial charge < -0.3 is 15.5 Å². The van der Waals surface area contributed by atoms with Gasteiger partial charge in [-0.3, -0.25) is 0 Å². The Bertz CT molecular complexity index is 479. The molecule has 1 aliphatic heterocycles. The smallest absolute Gasteiger partial charge is 0.321 e. The summed E-state index contributed by atoms with van der Waals surface area (Å²) < 4.78 is 26.3. The first-order valence-corrected chi connectivity index (χ1v) is 6.75. The summed E-state index contributed by atoms with van der Waals surface area (Å²) in [5, 5.41) is 5.60. The Hall–Kier alpha value is -1.69. The molecule has 6 heteroatoms. The van der Waals surface area contributed by atoms with Crippen LogP contribution in [0.1, 0.15) is 12.8 Å². The topological polar surface area (TPSA) is 44.4 Å². The number of urea groups is 1. The number of nitrogens with one attached hydrogen (secondary N) is 2. The van der Waals surface area contributed by atoms with Gasteiger partial charge in [0, 0.05) is 19.2 Å². The fourth-order valence-electron chi connectivity index (χ4n) is 2.49. The van der Waals surface area contributed by atoms with Crippen LogP contribution in [0.25, 0.3) is 0 Å². The standard InChI is InChI=1S/C14H19F2N3O/c1-17-8-10-3-2-6-19(9-10)14(20)18-13-5-4-11(15)7-12(13)16/h4-5,7,10,17H,2-3,6,8-9H2,1H3,(H,18,20). The molecule has 0 bridgehead atoms. The first kappa shape index (κ1) is 14.7. The van der Waals surface area contributed by atoms with Crippen molar-refractivity contribution in [2.24, 2.45) is 5.92 Å². The molecule has 110 valence electrons. The summed E-state index contributed by atoms with van der Waals surface area (Å²) in [4.78, 5) is 13.8. The van der Waals surface area contributed by atoms with E-state index in [0.717, 1.165) is 31.5 Å². The van der Waals surface area contributed by atoms with Crippen molar-refractivity contribution in [3.05, 3.63) is 29.8 Å². The van der Waals surface area contributed by atoms with E-state index in [1.807, 2.05) is 7.05 Å². The fourth-order valence-corrected chi connectivity index (χ4v) is 2.49. The molecule has 0 saturated carbocycles. The average molecular weight is 283 g/mol. The van der Waals surface area contributed by atoms with Gasteiger partial charge in [0.05, 0.1) is 5.69 Å². The maximum atomic E-state index is 13.5. The number of hydrogen-bond acceptors (Lipinski definition) is 2. The van der Waals surface area contributed by atoms with Gasteiger partial charge in [0.25, 0.3) is 0 Å². The van der Waals surface area contributed by atoms with Crippen LogP contribution in [0.2, 0.25) is 0 Å². The van der Waals surface area contributed by atoms with E-state index in [-0.39, 0.29) is 11.7 Å². The molecular weight excluding hydrogens is 264 g/mol. The zero-order valence-corrected chi connectivity index (χ0v) is 11.5. The number of amides is 2. The summed E-state index contributed by atoms with van der Waals surface area (Å²) >= 11 is 0. The Morgan fingerprint density at radius 1 is 1.45 bits per heavy atom. The third kappa shape index (κ3) is 3.66. The van der Waals surface area contributed by atoms with E-state index in [1.54, 1.807) is 4.90 Å². The predicted molar refractivity (Wildman–Crippen MR) is 73.6 cm³/mol. The molecule has 1 aromatic rings. The van der Waals surface area contributed by atoms with Crippen LogP contribution in [-0.2, 0) is 0 Å². The fraction of sp³-hybridized carbons (Fsp3) is 0.500. The first-order chi connectivity index (χ1) is 9.60. The normalized spacial score (nSPS) is 18.9. The molecule has 0 aromatic heterocycles. The quantitative estimate of drug-likeness (QED) is 0.895. The number of nitrogens with zero attached hydrogens (tertiary/aromatic N) is 1. The number of benzene rings is 1. The molecule has 20 heavy (non-hydrogen) atoms. The van der Waals surface area contributed by atoms with Gasteiger partial charge in [-0.25, -0.2) is 13.6 Å². The molecule has 1 aliphatic rings. The van der Waals surface area contributed by atoms with Crippen molar-refractivity contribution < 1.29 is 13.6 Å². The van der Waals surface area contributed by atoms with Crippen LogP contribution in [-0.4, -0.2) is 37.6 Å². The van der Waals surface area contributed by atoms with Gasteiger partial charge in [0.2, 0.25) is 0 Å². The van der Waals surface area contributed by atoms with E-state index in [1.165, 1.54) is 6.07 Å². The van der Waals surface area contributed by atoms with Crippen molar-refractivity contribution in [2.75, 3.05) is 32.0 Å². The number of rotatable bonds is 3. The Balaban J connectivity index is 1.97. The number of piperidine rings is 1. The predicted octanol–water partition coefficient (Wildman–Crippen LogP) is 2.43. The highest BCUT2D eigenvalue weighted by atomic mass is 19.1. The minimum atomic E-state index is -0.762. The number of halogens is 2. The lowest BCUT2D eigenvalue weighted by atomic mass is 9.98. The molecule has 1 heterocycles. The summed E-state index contributed by atoms with van der Waals surface area (Å²) in [5.74, 6) is -1.01. The van der Waals surface area contributed by atoms with Crippen LogP contribution in [0.4, 0.5) is 19.3 Å². The number of hydrogen-bond donors (Lipinski definition) is 2. The maximum absolute atomic E-state index is 13.5. The van der Waals surface area contributed by atoms with E-state index >= 15 is 0 Å². The van der Waals surface area contributed by atoms with Gasteiger partial charge in [0.1, 0.15) is 11.6 Å². The van der Waals surface area contributed by atoms with E-state index in [9.17, 15) is 13.6 Å². The molecule has 1 saturated heterocycles. The van der Waals surface area contributed by atoms with E-state index in [0.29, 0.717) is 19.0 Å². The van der Waals surface area contributed by atoms with Crippen molar-refractivity contribution in [1.82, 2.24) is 10.2 Å². The van der Waals surface area contributed by atoms with Gasteiger partial charge in [-0.15, -0.1) is 0 Å². The molecule has 1 unspecified atom stereocenters. The number of anilines is 1. The maximum Gasteiger partial charge on any atom is 0.321 e. The van der Waals surface area contributed by atoms with Crippen LogP contribution < -0.4 is 10.6 Å². The van der Waals surface area contributed by atoms with Crippen LogP contribution in [0.15, 0.2) is 18.2 Å². The highest BCUT2D eigenvalue weighted by molar-refractivity contribution is 5.89. The number of carbonyl (C=O) groups excluding carboxylic acids is 1. The molecule has 2 N–H and O–H groups in total. The van der Waals surface area contributed by atoms with Gasteiger partial charge in [-0.05, 0) is 44.5 Å². The molecule has 1 atom stereocenters. The third-order valence-corrected chi connectivity index (χ3v) is 3.47. The summed E-state index contributed by atoms with van der Waals surface area (Å²) in [5.41, 5.74) is 0.00661. The summed E-state index contributed by atoms with van der Waals surface area (Å²) in [6, 6.07) is 2.78. The van der Waals surface area contributed by atoms with Crippen LogP contribution in [0.3, 0.4) is 0 Å². The van der Waals surface area contributed by atoms with Crippen molar-refractivity contribution in [2.45, 2.75) is 12.8 Å². The third-order valence-electron chi connectivity index (χ3n) is 3.47. The highest BCUT2D eigenvalue weighted by Gasteiger charge is 2.23. The lowest BCUT2D eigenvalue weighted by Crippen LogP contribution is -2.44. The summed E-state index contributed by atoms with van der Waals surface area (Å²) in [6.07, 6.45) is 2.02. The Morgan fingerprint density at radius 3 is 2.95 bits per heavy atom. The summed E-state index contributed by atoms with van der Waals surface area (Å²) in [7, 11) is 1.88. The Morgan fingerprint density at radius 2 is 2.25 bits per heavy atom. The zero-order chi connectivity index (χ0) is 14.5. The monoisotopic (exact) mass is 283 g/mol. The molecular formula is C14H19F2N3O. The van der Waals surface area contributed by atoms with Gasteiger partial charge in [-0.2, -0.15) is 0 Å². The van der Waals surface area contributed by atoms with E-state index < -0.39 is 11.6 Å². The van der Waals surface area contributed by atoms with Crippen LogP contribution >= 0.6 is 0 Å². The number of likely N-dealkylation sites (tertiary alicyclic amines) is 1. The van der Waals surface area contributed by atoms with Crippen molar-refractivity contribution in [3.8, 4) is 0 Å². The molecule has 1 fully saturated rings. The zero-order valence-electron chi connectivity index (χ0n) is 11.5. The van der Waals surface area contributed by atoms with Gasteiger partial charge >= 0.3 is 6.03 Å². The second kappa shape index (κ2) is 6.65.